The van der Waals surface area contributed by atoms with Crippen molar-refractivity contribution in [2.45, 2.75) is 13.5 Å². The van der Waals surface area contributed by atoms with Crippen molar-refractivity contribution in [2.75, 3.05) is 20.2 Å². The molecular weight excluding hydrogens is 282 g/mol. The summed E-state index contributed by atoms with van der Waals surface area (Å²) in [7, 11) is 1.32. The molecule has 1 aromatic rings. The molecule has 2 amide bonds. The van der Waals surface area contributed by atoms with Gasteiger partial charge in [0.1, 0.15) is 0 Å². The molecule has 1 atom stereocenters. The van der Waals surface area contributed by atoms with Gasteiger partial charge >= 0.3 is 6.09 Å². The molecule has 1 unspecified atom stereocenters. The first-order valence-corrected chi connectivity index (χ1v) is 7.16. The van der Waals surface area contributed by atoms with Crippen molar-refractivity contribution >= 4 is 12.0 Å². The maximum atomic E-state index is 11.7. The lowest BCUT2D eigenvalue weighted by Gasteiger charge is -2.33. The number of carbonyl (C=O) groups excluding carboxylic acids is 2. The van der Waals surface area contributed by atoms with Gasteiger partial charge < -0.3 is 20.7 Å². The van der Waals surface area contributed by atoms with Crippen LogP contribution in [-0.2, 0) is 16.1 Å². The molecule has 0 aliphatic carbocycles. The van der Waals surface area contributed by atoms with Gasteiger partial charge in [-0.1, -0.05) is 37.3 Å². The lowest BCUT2D eigenvalue weighted by atomic mass is 9.96. The van der Waals surface area contributed by atoms with E-state index in [4.69, 9.17) is 10.5 Å². The zero-order chi connectivity index (χ0) is 16.1. The van der Waals surface area contributed by atoms with Gasteiger partial charge in [-0.3, -0.25) is 4.79 Å². The molecule has 0 spiro atoms. The van der Waals surface area contributed by atoms with Crippen LogP contribution in [0.4, 0.5) is 4.79 Å². The van der Waals surface area contributed by atoms with Gasteiger partial charge in [0.15, 0.2) is 0 Å². The number of amides is 2. The molecule has 1 aromatic carbocycles. The van der Waals surface area contributed by atoms with E-state index in [9.17, 15) is 9.59 Å². The van der Waals surface area contributed by atoms with Gasteiger partial charge in [-0.15, -0.1) is 0 Å². The minimum absolute atomic E-state index is 0.0148. The predicted molar refractivity (Wildman–Crippen MR) is 82.6 cm³/mol. The average molecular weight is 303 g/mol. The van der Waals surface area contributed by atoms with Crippen LogP contribution in [0.1, 0.15) is 12.5 Å². The fraction of sp³-hybridized carbons (Fsp3) is 0.375. The summed E-state index contributed by atoms with van der Waals surface area (Å²) in [6, 6.07) is 9.89. The summed E-state index contributed by atoms with van der Waals surface area (Å²) in [5.74, 6) is -0.532. The molecule has 2 rings (SSSR count). The average Bonchev–Trinajstić information content (AvgIpc) is 2.53. The summed E-state index contributed by atoms with van der Waals surface area (Å²) in [6.45, 7) is 3.21. The Morgan fingerprint density at radius 2 is 2.05 bits per heavy atom. The smallest absolute Gasteiger partial charge is 0.409 e. The largest absolute Gasteiger partial charge is 0.453 e. The number of ether oxygens (including phenoxy) is 1. The van der Waals surface area contributed by atoms with E-state index in [-0.39, 0.29) is 12.5 Å². The Labute approximate surface area is 129 Å². The molecule has 6 nitrogen and oxygen atoms in total. The summed E-state index contributed by atoms with van der Waals surface area (Å²) in [6.07, 6.45) is -0.451. The Kier molecular flexibility index (Phi) is 5.04. The number of hydrogen-bond donors (Lipinski definition) is 2. The van der Waals surface area contributed by atoms with Crippen molar-refractivity contribution in [2.24, 2.45) is 11.7 Å². The van der Waals surface area contributed by atoms with Gasteiger partial charge in [0.2, 0.25) is 5.91 Å². The van der Waals surface area contributed by atoms with Crippen molar-refractivity contribution in [3.05, 3.63) is 47.2 Å². The highest BCUT2D eigenvalue weighted by Gasteiger charge is 2.30. The number of hydrogen-bond acceptors (Lipinski definition) is 4. The number of nitrogens with one attached hydrogen (secondary N) is 1. The first kappa shape index (κ1) is 15.9. The Morgan fingerprint density at radius 1 is 1.36 bits per heavy atom. The summed E-state index contributed by atoms with van der Waals surface area (Å²) in [4.78, 5) is 24.9. The minimum atomic E-state index is -0.518. The second-order valence-electron chi connectivity index (χ2n) is 5.35. The molecule has 1 heterocycles. The maximum Gasteiger partial charge on any atom is 0.409 e. The molecule has 6 heteroatoms. The van der Waals surface area contributed by atoms with Crippen molar-refractivity contribution in [3.8, 4) is 0 Å². The highest BCUT2D eigenvalue weighted by Crippen LogP contribution is 2.22. The van der Waals surface area contributed by atoms with Crippen LogP contribution < -0.4 is 11.1 Å². The number of rotatable bonds is 4. The van der Waals surface area contributed by atoms with Crippen molar-refractivity contribution in [1.82, 2.24) is 10.2 Å². The van der Waals surface area contributed by atoms with Crippen LogP contribution in [0.15, 0.2) is 41.6 Å². The van der Waals surface area contributed by atoms with Gasteiger partial charge in [0.25, 0.3) is 0 Å². The Bertz CT molecular complexity index is 584. The van der Waals surface area contributed by atoms with E-state index in [2.05, 4.69) is 5.32 Å². The lowest BCUT2D eigenvalue weighted by Crippen LogP contribution is -2.45. The molecule has 3 N–H and O–H groups in total. The third-order valence-corrected chi connectivity index (χ3v) is 3.72. The second kappa shape index (κ2) is 6.98. The molecule has 1 aliphatic heterocycles. The fourth-order valence-corrected chi connectivity index (χ4v) is 2.61. The molecule has 0 aromatic heterocycles. The molecule has 118 valence electrons. The van der Waals surface area contributed by atoms with E-state index in [1.54, 1.807) is 0 Å². The highest BCUT2D eigenvalue weighted by molar-refractivity contribution is 5.94. The number of benzene rings is 1. The van der Waals surface area contributed by atoms with E-state index in [1.165, 1.54) is 12.0 Å². The molecule has 0 saturated carbocycles. The van der Waals surface area contributed by atoms with Gasteiger partial charge in [-0.25, -0.2) is 4.79 Å². The summed E-state index contributed by atoms with van der Waals surface area (Å²) >= 11 is 0. The quantitative estimate of drug-likeness (QED) is 0.876. The van der Waals surface area contributed by atoms with Crippen LogP contribution in [-0.4, -0.2) is 37.1 Å². The van der Waals surface area contributed by atoms with Crippen LogP contribution in [0.3, 0.4) is 0 Å². The zero-order valence-electron chi connectivity index (χ0n) is 12.8. The van der Waals surface area contributed by atoms with Crippen LogP contribution in [0, 0.1) is 5.92 Å². The number of carbonyl (C=O) groups is 2. The Hall–Kier alpha value is -2.50. The number of nitrogens with zero attached hydrogens (tertiary/aromatic N) is 1. The van der Waals surface area contributed by atoms with Gasteiger partial charge in [0.05, 0.1) is 19.2 Å². The fourth-order valence-electron chi connectivity index (χ4n) is 2.61. The van der Waals surface area contributed by atoms with E-state index in [1.807, 2.05) is 37.3 Å². The van der Waals surface area contributed by atoms with Gasteiger partial charge in [-0.05, 0) is 5.56 Å². The number of primary amides is 1. The molecule has 0 fully saturated rings. The van der Waals surface area contributed by atoms with E-state index < -0.39 is 12.0 Å². The third kappa shape index (κ3) is 3.58. The molecule has 0 radical (unpaired) electrons. The molecule has 0 bridgehead atoms. The third-order valence-electron chi connectivity index (χ3n) is 3.72. The zero-order valence-corrected chi connectivity index (χ0v) is 12.8. The second-order valence-corrected chi connectivity index (χ2v) is 5.35. The highest BCUT2D eigenvalue weighted by atomic mass is 16.5. The first-order valence-electron chi connectivity index (χ1n) is 7.16. The van der Waals surface area contributed by atoms with Crippen LogP contribution in [0.2, 0.25) is 0 Å². The van der Waals surface area contributed by atoms with E-state index in [0.29, 0.717) is 18.7 Å². The topological polar surface area (TPSA) is 84.7 Å². The summed E-state index contributed by atoms with van der Waals surface area (Å²) < 4.78 is 4.72. The Morgan fingerprint density at radius 3 is 2.64 bits per heavy atom. The van der Waals surface area contributed by atoms with E-state index in [0.717, 1.165) is 11.3 Å². The normalized spacial score (nSPS) is 18.1. The van der Waals surface area contributed by atoms with Crippen LogP contribution in [0.25, 0.3) is 0 Å². The SMILES string of the molecule is COC(=O)N1CC(C(N)=O)=C(NCc2ccccc2)C(C)C1. The number of methoxy groups -OCH3 is 1. The van der Waals surface area contributed by atoms with Crippen molar-refractivity contribution in [3.63, 3.8) is 0 Å². The van der Waals surface area contributed by atoms with Gasteiger partial charge in [-0.2, -0.15) is 0 Å². The van der Waals surface area contributed by atoms with E-state index >= 15 is 0 Å². The first-order chi connectivity index (χ1) is 10.5. The van der Waals surface area contributed by atoms with Crippen molar-refractivity contribution in [1.29, 1.82) is 0 Å². The monoisotopic (exact) mass is 303 g/mol. The van der Waals surface area contributed by atoms with Crippen LogP contribution in [0.5, 0.6) is 0 Å². The molecule has 1 aliphatic rings. The van der Waals surface area contributed by atoms with Gasteiger partial charge in [0, 0.05) is 24.7 Å². The summed E-state index contributed by atoms with van der Waals surface area (Å²) in [5.41, 5.74) is 7.82. The molecular formula is C16H21N3O3. The minimum Gasteiger partial charge on any atom is -0.453 e. The molecule has 22 heavy (non-hydrogen) atoms. The van der Waals surface area contributed by atoms with Crippen LogP contribution >= 0.6 is 0 Å². The summed E-state index contributed by atoms with van der Waals surface area (Å²) in [5, 5.41) is 3.30. The Balaban J connectivity index is 2.18. The number of nitrogens with two attached hydrogens (primary N) is 1. The lowest BCUT2D eigenvalue weighted by molar-refractivity contribution is -0.115. The maximum absolute atomic E-state index is 11.7. The molecule has 0 saturated heterocycles. The standard InChI is InChI=1S/C16H21N3O3/c1-11-9-19(16(21)22-2)10-13(15(17)20)14(11)18-8-12-6-4-3-5-7-12/h3-7,11,18H,8-10H2,1-2H3,(H2,17,20). The van der Waals surface area contributed by atoms with Crippen molar-refractivity contribution < 1.29 is 14.3 Å². The predicted octanol–water partition coefficient (Wildman–Crippen LogP) is 1.23.